The minimum absolute atomic E-state index is 0.0191. The van der Waals surface area contributed by atoms with E-state index in [-0.39, 0.29) is 23.2 Å². The van der Waals surface area contributed by atoms with Crippen LogP contribution in [0.15, 0.2) is 74.5 Å². The van der Waals surface area contributed by atoms with E-state index in [0.29, 0.717) is 58.5 Å². The monoisotopic (exact) mass is 662 g/mol. The number of carbonyl (C=O) groups excluding carboxylic acids is 2. The van der Waals surface area contributed by atoms with Crippen molar-refractivity contribution in [2.75, 3.05) is 50.0 Å². The molecule has 0 spiro atoms. The van der Waals surface area contributed by atoms with Crippen molar-refractivity contribution in [1.82, 2.24) is 4.57 Å². The molecule has 2 amide bonds. The standard InChI is InChI=1S/C32H31BrN4O7/c1-41-26-13-21(14-27(42-2)30(26)43-3)34-31(39)19-7-8-24(22(12-19)35-32(40)25-9-10-28(33)44-25)36-15-18-11-20(17-36)23-5-4-6-29(38)37(23)16-18/h4-10,12-14,18,20H,11,15-17H2,1-3H3,(H,34,39)(H,35,40). The van der Waals surface area contributed by atoms with Gasteiger partial charge in [0.25, 0.3) is 17.4 Å². The second-order valence-corrected chi connectivity index (χ2v) is 11.5. The van der Waals surface area contributed by atoms with Crippen molar-refractivity contribution in [2.45, 2.75) is 18.9 Å². The van der Waals surface area contributed by atoms with Gasteiger partial charge >= 0.3 is 0 Å². The number of nitrogens with one attached hydrogen (secondary N) is 2. The number of hydrogen-bond acceptors (Lipinski definition) is 8. The molecule has 11 nitrogen and oxygen atoms in total. The molecule has 2 atom stereocenters. The van der Waals surface area contributed by atoms with E-state index in [9.17, 15) is 14.4 Å². The van der Waals surface area contributed by atoms with E-state index in [0.717, 1.165) is 17.8 Å². The van der Waals surface area contributed by atoms with Crippen molar-refractivity contribution in [3.63, 3.8) is 0 Å². The van der Waals surface area contributed by atoms with Crippen molar-refractivity contribution in [2.24, 2.45) is 5.92 Å². The van der Waals surface area contributed by atoms with Crippen LogP contribution in [-0.4, -0.2) is 50.8 Å². The third-order valence-corrected chi connectivity index (χ3v) is 8.47. The normalized spacial score (nSPS) is 17.0. The number of anilines is 3. The molecule has 12 heteroatoms. The SMILES string of the molecule is COc1cc(NC(=O)c2ccc(N3CC4CC(C3)c3cccc(=O)n3C4)c(NC(=O)c3ccc(Br)o3)c2)cc(OC)c1OC. The van der Waals surface area contributed by atoms with Crippen LogP contribution >= 0.6 is 15.9 Å². The van der Waals surface area contributed by atoms with Crippen LogP contribution in [0.4, 0.5) is 17.1 Å². The molecule has 0 radical (unpaired) electrons. The lowest BCUT2D eigenvalue weighted by Crippen LogP contribution is -2.47. The Labute approximate surface area is 261 Å². The Kier molecular flexibility index (Phi) is 8.09. The van der Waals surface area contributed by atoms with E-state index in [4.69, 9.17) is 18.6 Å². The summed E-state index contributed by atoms with van der Waals surface area (Å²) in [5.41, 5.74) is 3.04. The summed E-state index contributed by atoms with van der Waals surface area (Å²) in [6.45, 7) is 1.99. The molecule has 1 saturated heterocycles. The van der Waals surface area contributed by atoms with E-state index in [2.05, 4.69) is 31.5 Å². The van der Waals surface area contributed by atoms with E-state index in [1.165, 1.54) is 21.3 Å². The Morgan fingerprint density at radius 3 is 2.34 bits per heavy atom. The maximum atomic E-state index is 13.5. The van der Waals surface area contributed by atoms with Gasteiger partial charge < -0.3 is 38.7 Å². The van der Waals surface area contributed by atoms with Crippen molar-refractivity contribution in [3.8, 4) is 17.2 Å². The van der Waals surface area contributed by atoms with E-state index in [1.807, 2.05) is 22.8 Å². The lowest BCUT2D eigenvalue weighted by molar-refractivity contribution is 0.0992. The molecule has 2 aromatic carbocycles. The van der Waals surface area contributed by atoms with Gasteiger partial charge in [0.15, 0.2) is 21.9 Å². The number of carbonyl (C=O) groups is 2. The fraction of sp³-hybridized carbons (Fsp3) is 0.281. The first-order valence-electron chi connectivity index (χ1n) is 14.0. The quantitative estimate of drug-likeness (QED) is 0.259. The number of ether oxygens (including phenoxy) is 3. The minimum atomic E-state index is -0.451. The third kappa shape index (κ3) is 5.64. The van der Waals surface area contributed by atoms with Gasteiger partial charge in [-0.15, -0.1) is 0 Å². The summed E-state index contributed by atoms with van der Waals surface area (Å²) in [5.74, 6) is 0.894. The van der Waals surface area contributed by atoms with Gasteiger partial charge in [0, 0.05) is 60.7 Å². The van der Waals surface area contributed by atoms with Gasteiger partial charge in [-0.3, -0.25) is 14.4 Å². The van der Waals surface area contributed by atoms with Gasteiger partial charge in [-0.05, 0) is 64.7 Å². The Hall–Kier alpha value is -4.71. The molecule has 44 heavy (non-hydrogen) atoms. The number of furan rings is 1. The largest absolute Gasteiger partial charge is 0.493 e. The van der Waals surface area contributed by atoms with Gasteiger partial charge in [0.2, 0.25) is 5.75 Å². The van der Waals surface area contributed by atoms with Crippen molar-refractivity contribution < 1.29 is 28.2 Å². The highest BCUT2D eigenvalue weighted by Gasteiger charge is 2.35. The number of aromatic nitrogens is 1. The van der Waals surface area contributed by atoms with Crippen molar-refractivity contribution >= 4 is 44.8 Å². The summed E-state index contributed by atoms with van der Waals surface area (Å²) in [7, 11) is 4.51. The fourth-order valence-electron chi connectivity index (χ4n) is 6.12. The van der Waals surface area contributed by atoms with Crippen LogP contribution in [0.3, 0.4) is 0 Å². The number of amides is 2. The highest BCUT2D eigenvalue weighted by Crippen LogP contribution is 2.41. The zero-order valence-electron chi connectivity index (χ0n) is 24.4. The predicted octanol–water partition coefficient (Wildman–Crippen LogP) is 5.36. The molecular weight excluding hydrogens is 632 g/mol. The number of rotatable bonds is 8. The smallest absolute Gasteiger partial charge is 0.291 e. The molecule has 0 aliphatic carbocycles. The Morgan fingerprint density at radius 1 is 0.886 bits per heavy atom. The lowest BCUT2D eigenvalue weighted by Gasteiger charge is -2.44. The molecule has 2 aliphatic heterocycles. The van der Waals surface area contributed by atoms with Gasteiger partial charge in [0.05, 0.1) is 32.7 Å². The molecular formula is C32H31BrN4O7. The van der Waals surface area contributed by atoms with Crippen molar-refractivity contribution in [1.29, 1.82) is 0 Å². The van der Waals surface area contributed by atoms with Crippen LogP contribution in [0, 0.1) is 5.92 Å². The van der Waals surface area contributed by atoms with E-state index < -0.39 is 11.8 Å². The first kappa shape index (κ1) is 29.4. The van der Waals surface area contributed by atoms with E-state index in [1.54, 1.807) is 42.5 Å². The summed E-state index contributed by atoms with van der Waals surface area (Å²) in [6.07, 6.45) is 0.983. The summed E-state index contributed by atoms with van der Waals surface area (Å²) < 4.78 is 24.0. The second kappa shape index (κ2) is 12.1. The summed E-state index contributed by atoms with van der Waals surface area (Å²) >= 11 is 3.24. The first-order chi connectivity index (χ1) is 21.3. The number of benzene rings is 2. The molecule has 2 unspecified atom stereocenters. The van der Waals surface area contributed by atoms with Crippen LogP contribution in [0.2, 0.25) is 0 Å². The molecule has 2 N–H and O–H groups in total. The summed E-state index contributed by atoms with van der Waals surface area (Å²) in [5, 5.41) is 5.84. The molecule has 2 bridgehead atoms. The van der Waals surface area contributed by atoms with Gasteiger partial charge in [-0.2, -0.15) is 0 Å². The average molecular weight is 664 g/mol. The van der Waals surface area contributed by atoms with Crippen LogP contribution in [0.25, 0.3) is 0 Å². The number of piperidine rings is 1. The van der Waals surface area contributed by atoms with Crippen LogP contribution in [-0.2, 0) is 6.54 Å². The first-order valence-corrected chi connectivity index (χ1v) is 14.8. The van der Waals surface area contributed by atoms with Crippen molar-refractivity contribution in [3.05, 3.63) is 92.7 Å². The number of hydrogen-bond donors (Lipinski definition) is 2. The Balaban J connectivity index is 1.32. The molecule has 4 heterocycles. The number of pyridine rings is 1. The fourth-order valence-corrected chi connectivity index (χ4v) is 6.43. The molecule has 2 aromatic heterocycles. The average Bonchev–Trinajstić information content (AvgIpc) is 3.47. The van der Waals surface area contributed by atoms with Gasteiger partial charge in [-0.1, -0.05) is 6.07 Å². The molecule has 4 aromatic rings. The second-order valence-electron chi connectivity index (χ2n) is 10.8. The number of fused-ring (bicyclic) bond motifs is 4. The minimum Gasteiger partial charge on any atom is -0.493 e. The zero-order valence-corrected chi connectivity index (χ0v) is 26.0. The van der Waals surface area contributed by atoms with E-state index >= 15 is 0 Å². The molecule has 0 saturated carbocycles. The Bertz CT molecular complexity index is 1770. The van der Waals surface area contributed by atoms with Gasteiger partial charge in [0.1, 0.15) is 0 Å². The number of methoxy groups -OCH3 is 3. The molecule has 2 aliphatic rings. The highest BCUT2D eigenvalue weighted by molar-refractivity contribution is 9.10. The van der Waals surface area contributed by atoms with Crippen LogP contribution < -0.4 is 35.3 Å². The highest BCUT2D eigenvalue weighted by atomic mass is 79.9. The number of halogens is 1. The predicted molar refractivity (Wildman–Crippen MR) is 169 cm³/mol. The summed E-state index contributed by atoms with van der Waals surface area (Å²) in [6, 6.07) is 17.1. The summed E-state index contributed by atoms with van der Waals surface area (Å²) in [4.78, 5) is 41.4. The molecule has 6 rings (SSSR count). The van der Waals surface area contributed by atoms with Crippen LogP contribution in [0.1, 0.15) is 38.9 Å². The molecule has 1 fully saturated rings. The lowest BCUT2D eigenvalue weighted by atomic mass is 9.83. The number of nitrogens with zero attached hydrogens (tertiary/aromatic N) is 2. The zero-order chi connectivity index (χ0) is 31.0. The van der Waals surface area contributed by atoms with Crippen LogP contribution in [0.5, 0.6) is 17.2 Å². The Morgan fingerprint density at radius 2 is 1.66 bits per heavy atom. The van der Waals surface area contributed by atoms with Gasteiger partial charge in [-0.25, -0.2) is 0 Å². The maximum absolute atomic E-state index is 13.5. The topological polar surface area (TPSA) is 124 Å². The maximum Gasteiger partial charge on any atom is 0.291 e. The molecule has 228 valence electrons. The third-order valence-electron chi connectivity index (χ3n) is 8.05.